The number of hydrogen-bond acceptors (Lipinski definition) is 5. The van der Waals surface area contributed by atoms with Gasteiger partial charge in [0.25, 0.3) is 0 Å². The zero-order valence-corrected chi connectivity index (χ0v) is 15.1. The summed E-state index contributed by atoms with van der Waals surface area (Å²) in [6, 6.07) is 0.166. The van der Waals surface area contributed by atoms with Crippen molar-refractivity contribution in [3.8, 4) is 0 Å². The van der Waals surface area contributed by atoms with Crippen LogP contribution >= 0.6 is 0 Å². The van der Waals surface area contributed by atoms with E-state index in [2.05, 4.69) is 20.2 Å². The van der Waals surface area contributed by atoms with E-state index in [-0.39, 0.29) is 17.9 Å². The van der Waals surface area contributed by atoms with Gasteiger partial charge >= 0.3 is 0 Å². The van der Waals surface area contributed by atoms with E-state index in [1.54, 1.807) is 0 Å². The maximum Gasteiger partial charge on any atom is 0.231 e. The first-order chi connectivity index (χ1) is 11.4. The molecule has 2 aromatic heterocycles. The molecule has 0 spiro atoms. The van der Waals surface area contributed by atoms with E-state index < -0.39 is 0 Å². The Kier molecular flexibility index (Phi) is 4.47. The summed E-state index contributed by atoms with van der Waals surface area (Å²) in [7, 11) is 0. The van der Waals surface area contributed by atoms with Gasteiger partial charge in [-0.3, -0.25) is 4.79 Å². The highest BCUT2D eigenvalue weighted by Gasteiger charge is 2.29. The van der Waals surface area contributed by atoms with Crippen molar-refractivity contribution in [2.24, 2.45) is 5.92 Å². The first-order valence-corrected chi connectivity index (χ1v) is 8.66. The van der Waals surface area contributed by atoms with Gasteiger partial charge in [0.2, 0.25) is 11.6 Å². The minimum atomic E-state index is -0.000208. The maximum atomic E-state index is 12.4. The molecule has 130 valence electrons. The number of carbonyl (C=O) groups excluding carboxylic acids is 1. The van der Waals surface area contributed by atoms with Crippen LogP contribution in [0.3, 0.4) is 0 Å². The fourth-order valence-electron chi connectivity index (χ4n) is 3.35. The van der Waals surface area contributed by atoms with Crippen molar-refractivity contribution in [3.05, 3.63) is 17.1 Å². The quantitative estimate of drug-likeness (QED) is 0.937. The first kappa shape index (κ1) is 16.7. The molecule has 3 rings (SSSR count). The molecule has 0 aliphatic carbocycles. The summed E-state index contributed by atoms with van der Waals surface area (Å²) in [5, 5.41) is 4.01. The van der Waals surface area contributed by atoms with Gasteiger partial charge in [0.05, 0.1) is 11.3 Å². The van der Waals surface area contributed by atoms with Gasteiger partial charge in [-0.1, -0.05) is 0 Å². The molecule has 0 bridgehead atoms. The number of hydrogen-bond donors (Lipinski definition) is 1. The fourth-order valence-corrected chi connectivity index (χ4v) is 3.35. The van der Waals surface area contributed by atoms with Crippen LogP contribution < -0.4 is 10.2 Å². The standard InChI is InChI=1S/C18H26N4O2/c1-10(2)19-17(23)14-7-6-8-22(9-14)16-15-11(3)12(4)24-18(15)21-13(5)20-16/h10,14H,6-9H2,1-5H3,(H,19,23). The van der Waals surface area contributed by atoms with E-state index in [0.717, 1.165) is 41.9 Å². The van der Waals surface area contributed by atoms with E-state index in [1.807, 2.05) is 34.6 Å². The molecule has 6 nitrogen and oxygen atoms in total. The molecule has 1 amide bonds. The highest BCUT2D eigenvalue weighted by atomic mass is 16.3. The summed E-state index contributed by atoms with van der Waals surface area (Å²) in [5.41, 5.74) is 1.72. The number of aromatic nitrogens is 2. The van der Waals surface area contributed by atoms with Gasteiger partial charge in [0.15, 0.2) is 0 Å². The Balaban J connectivity index is 1.94. The molecular weight excluding hydrogens is 304 g/mol. The van der Waals surface area contributed by atoms with E-state index in [4.69, 9.17) is 4.42 Å². The number of piperidine rings is 1. The van der Waals surface area contributed by atoms with E-state index in [9.17, 15) is 4.79 Å². The number of aryl methyl sites for hydroxylation is 3. The molecule has 1 aliphatic rings. The monoisotopic (exact) mass is 330 g/mol. The highest BCUT2D eigenvalue weighted by molar-refractivity contribution is 5.90. The zero-order chi connectivity index (χ0) is 17.4. The fraction of sp³-hybridized carbons (Fsp3) is 0.611. The van der Waals surface area contributed by atoms with Gasteiger partial charge < -0.3 is 14.6 Å². The molecule has 0 saturated carbocycles. The molecule has 1 aliphatic heterocycles. The van der Waals surface area contributed by atoms with Crippen molar-refractivity contribution in [1.82, 2.24) is 15.3 Å². The predicted octanol–water partition coefficient (Wildman–Crippen LogP) is 2.89. The van der Waals surface area contributed by atoms with Crippen LogP contribution in [0, 0.1) is 26.7 Å². The lowest BCUT2D eigenvalue weighted by atomic mass is 9.96. The summed E-state index contributed by atoms with van der Waals surface area (Å²) in [4.78, 5) is 23.7. The lowest BCUT2D eigenvalue weighted by Gasteiger charge is -2.33. The Morgan fingerprint density at radius 1 is 1.29 bits per heavy atom. The number of amides is 1. The van der Waals surface area contributed by atoms with Crippen LogP contribution in [0.25, 0.3) is 11.1 Å². The van der Waals surface area contributed by atoms with E-state index >= 15 is 0 Å². The van der Waals surface area contributed by atoms with Crippen molar-refractivity contribution < 1.29 is 9.21 Å². The van der Waals surface area contributed by atoms with Crippen LogP contribution in [0.15, 0.2) is 4.42 Å². The number of carbonyl (C=O) groups is 1. The largest absolute Gasteiger partial charge is 0.443 e. The van der Waals surface area contributed by atoms with Gasteiger partial charge in [0, 0.05) is 24.7 Å². The summed E-state index contributed by atoms with van der Waals surface area (Å²) in [6.45, 7) is 11.4. The first-order valence-electron chi connectivity index (χ1n) is 8.66. The predicted molar refractivity (Wildman–Crippen MR) is 94.2 cm³/mol. The topological polar surface area (TPSA) is 71.3 Å². The third-order valence-electron chi connectivity index (χ3n) is 4.64. The zero-order valence-electron chi connectivity index (χ0n) is 15.1. The molecule has 0 aromatic carbocycles. The molecule has 1 unspecified atom stereocenters. The average molecular weight is 330 g/mol. The molecule has 6 heteroatoms. The molecule has 1 N–H and O–H groups in total. The van der Waals surface area contributed by atoms with Crippen molar-refractivity contribution in [2.75, 3.05) is 18.0 Å². The minimum Gasteiger partial charge on any atom is -0.443 e. The molecule has 1 fully saturated rings. The van der Waals surface area contributed by atoms with Gasteiger partial charge in [0.1, 0.15) is 17.4 Å². The summed E-state index contributed by atoms with van der Waals surface area (Å²) in [6.07, 6.45) is 1.91. The van der Waals surface area contributed by atoms with Crippen LogP contribution in [0.4, 0.5) is 5.82 Å². The number of furan rings is 1. The molecule has 0 radical (unpaired) electrons. The van der Waals surface area contributed by atoms with Gasteiger partial charge in [-0.15, -0.1) is 0 Å². The molecule has 1 atom stereocenters. The Morgan fingerprint density at radius 3 is 2.75 bits per heavy atom. The second-order valence-corrected chi connectivity index (χ2v) is 7.01. The number of nitrogens with one attached hydrogen (secondary N) is 1. The molecule has 24 heavy (non-hydrogen) atoms. The maximum absolute atomic E-state index is 12.4. The van der Waals surface area contributed by atoms with Crippen molar-refractivity contribution in [1.29, 1.82) is 0 Å². The van der Waals surface area contributed by atoms with Crippen LogP contribution in [0.5, 0.6) is 0 Å². The van der Waals surface area contributed by atoms with Gasteiger partial charge in [-0.05, 0) is 47.5 Å². The number of fused-ring (bicyclic) bond motifs is 1. The number of rotatable bonds is 3. The summed E-state index contributed by atoms with van der Waals surface area (Å²) < 4.78 is 5.78. The van der Waals surface area contributed by atoms with Crippen LogP contribution in [0.2, 0.25) is 0 Å². The van der Waals surface area contributed by atoms with E-state index in [0.29, 0.717) is 18.1 Å². The van der Waals surface area contributed by atoms with Gasteiger partial charge in [-0.25, -0.2) is 4.98 Å². The SMILES string of the molecule is Cc1nc(N2CCCC(C(=O)NC(C)C)C2)c2c(C)c(C)oc2n1. The Morgan fingerprint density at radius 2 is 2.04 bits per heavy atom. The Labute approximate surface area is 142 Å². The summed E-state index contributed by atoms with van der Waals surface area (Å²) in [5.74, 6) is 2.60. The van der Waals surface area contributed by atoms with Crippen LogP contribution in [0.1, 0.15) is 43.8 Å². The lowest BCUT2D eigenvalue weighted by molar-refractivity contribution is -0.125. The van der Waals surface area contributed by atoms with Gasteiger partial charge in [-0.2, -0.15) is 4.98 Å². The molecule has 2 aromatic rings. The van der Waals surface area contributed by atoms with Crippen molar-refractivity contribution >= 4 is 22.8 Å². The minimum absolute atomic E-state index is 0.000208. The normalized spacial score (nSPS) is 18.4. The second kappa shape index (κ2) is 6.42. The average Bonchev–Trinajstić information content (AvgIpc) is 2.80. The van der Waals surface area contributed by atoms with Crippen molar-refractivity contribution in [2.45, 2.75) is 53.5 Å². The number of nitrogens with zero attached hydrogens (tertiary/aromatic N) is 3. The Hall–Kier alpha value is -2.11. The van der Waals surface area contributed by atoms with Crippen LogP contribution in [-0.4, -0.2) is 35.0 Å². The van der Waals surface area contributed by atoms with E-state index in [1.165, 1.54) is 0 Å². The Bertz CT molecular complexity index is 766. The number of anilines is 1. The lowest BCUT2D eigenvalue weighted by Crippen LogP contribution is -2.45. The smallest absolute Gasteiger partial charge is 0.231 e. The molecule has 1 saturated heterocycles. The summed E-state index contributed by atoms with van der Waals surface area (Å²) >= 11 is 0. The third-order valence-corrected chi connectivity index (χ3v) is 4.64. The third kappa shape index (κ3) is 3.09. The second-order valence-electron chi connectivity index (χ2n) is 7.01. The molecule has 3 heterocycles. The van der Waals surface area contributed by atoms with Crippen molar-refractivity contribution in [3.63, 3.8) is 0 Å². The molecular formula is C18H26N4O2. The van der Waals surface area contributed by atoms with Crippen LogP contribution in [-0.2, 0) is 4.79 Å². The highest BCUT2D eigenvalue weighted by Crippen LogP contribution is 2.33.